The van der Waals surface area contributed by atoms with Gasteiger partial charge >= 0.3 is 0 Å². The van der Waals surface area contributed by atoms with Gasteiger partial charge in [0.15, 0.2) is 0 Å². The first-order valence-electron chi connectivity index (χ1n) is 3.58. The summed E-state index contributed by atoms with van der Waals surface area (Å²) in [6.07, 6.45) is 1.56. The highest BCUT2D eigenvalue weighted by atomic mass is 16.3. The molecule has 2 unspecified atom stereocenters. The maximum absolute atomic E-state index is 9.14. The summed E-state index contributed by atoms with van der Waals surface area (Å²) in [6, 6.07) is 0.206. The summed E-state index contributed by atoms with van der Waals surface area (Å²) in [6.45, 7) is 8.23. The quantitative estimate of drug-likeness (QED) is 0.590. The predicted octanol–water partition coefficient (Wildman–Crippen LogP) is 0.873. The molecule has 0 aromatic rings. The Kier molecular flexibility index (Phi) is 4.32. The van der Waals surface area contributed by atoms with E-state index in [-0.39, 0.29) is 12.1 Å². The average Bonchev–Trinajstić information content (AvgIpc) is 1.87. The van der Waals surface area contributed by atoms with E-state index in [4.69, 9.17) is 5.11 Å². The van der Waals surface area contributed by atoms with E-state index in [9.17, 15) is 0 Å². The van der Waals surface area contributed by atoms with Gasteiger partial charge in [0.05, 0.1) is 6.10 Å². The van der Waals surface area contributed by atoms with Gasteiger partial charge in [0.1, 0.15) is 0 Å². The maximum Gasteiger partial charge on any atom is 0.0664 e. The van der Waals surface area contributed by atoms with E-state index in [2.05, 4.69) is 11.5 Å². The molecular weight excluding hydrogens is 126 g/mol. The van der Waals surface area contributed by atoms with Crippen LogP contribution in [0, 0.1) is 0 Å². The van der Waals surface area contributed by atoms with Gasteiger partial charge in [0, 0.05) is 12.6 Å². The largest absolute Gasteiger partial charge is 0.392 e. The van der Waals surface area contributed by atoms with Crippen molar-refractivity contribution >= 4 is 0 Å². The highest BCUT2D eigenvalue weighted by Crippen LogP contribution is 1.99. The Morgan fingerprint density at radius 2 is 2.10 bits per heavy atom. The van der Waals surface area contributed by atoms with Crippen molar-refractivity contribution in [3.8, 4) is 0 Å². The topological polar surface area (TPSA) is 23.5 Å². The zero-order chi connectivity index (χ0) is 8.15. The van der Waals surface area contributed by atoms with Crippen LogP contribution in [0.15, 0.2) is 12.7 Å². The Bertz CT molecular complexity index is 101. The number of hydrogen-bond donors (Lipinski definition) is 1. The summed E-state index contributed by atoms with van der Waals surface area (Å²) in [7, 11) is 1.97. The van der Waals surface area contributed by atoms with Crippen molar-refractivity contribution in [3.05, 3.63) is 12.7 Å². The number of nitrogens with zero attached hydrogens (tertiary/aromatic N) is 1. The Hall–Kier alpha value is -0.340. The molecule has 0 aliphatic rings. The lowest BCUT2D eigenvalue weighted by atomic mass is 10.2. The summed E-state index contributed by atoms with van der Waals surface area (Å²) in [4.78, 5) is 2.05. The fraction of sp³-hybridized carbons (Fsp3) is 0.750. The normalized spacial score (nSPS) is 16.9. The molecule has 1 N–H and O–H groups in total. The van der Waals surface area contributed by atoms with Crippen LogP contribution in [-0.4, -0.2) is 35.7 Å². The molecule has 0 aliphatic carbocycles. The highest BCUT2D eigenvalue weighted by molar-refractivity contribution is 4.76. The van der Waals surface area contributed by atoms with Crippen LogP contribution in [0.2, 0.25) is 0 Å². The molecule has 0 aromatic heterocycles. The lowest BCUT2D eigenvalue weighted by Gasteiger charge is -2.25. The van der Waals surface area contributed by atoms with Gasteiger partial charge in [-0.15, -0.1) is 6.58 Å². The van der Waals surface area contributed by atoms with Crippen LogP contribution in [0.25, 0.3) is 0 Å². The molecule has 0 saturated carbocycles. The van der Waals surface area contributed by atoms with Gasteiger partial charge in [0.2, 0.25) is 0 Å². The second-order valence-electron chi connectivity index (χ2n) is 2.71. The van der Waals surface area contributed by atoms with Crippen molar-refractivity contribution in [1.82, 2.24) is 4.90 Å². The number of aliphatic hydroxyl groups excluding tert-OH is 1. The molecule has 0 fully saturated rings. The van der Waals surface area contributed by atoms with Crippen molar-refractivity contribution in [3.63, 3.8) is 0 Å². The van der Waals surface area contributed by atoms with Gasteiger partial charge in [-0.25, -0.2) is 0 Å². The Labute approximate surface area is 63.2 Å². The third-order valence-corrected chi connectivity index (χ3v) is 1.81. The lowest BCUT2D eigenvalue weighted by Crippen LogP contribution is -2.37. The molecule has 2 heteroatoms. The molecule has 0 aliphatic heterocycles. The van der Waals surface area contributed by atoms with Crippen molar-refractivity contribution in [2.24, 2.45) is 0 Å². The van der Waals surface area contributed by atoms with Crippen molar-refractivity contribution < 1.29 is 5.11 Å². The SMILES string of the molecule is C=CCN(C)C(C)C(C)O. The standard InChI is InChI=1S/C8H17NO/c1-5-6-9(4)7(2)8(3)10/h5,7-8,10H,1,6H2,2-4H3. The van der Waals surface area contributed by atoms with Crippen LogP contribution < -0.4 is 0 Å². The molecule has 0 rings (SSSR count). The smallest absolute Gasteiger partial charge is 0.0664 e. The van der Waals surface area contributed by atoms with E-state index >= 15 is 0 Å². The number of likely N-dealkylation sites (N-methyl/N-ethyl adjacent to an activating group) is 1. The van der Waals surface area contributed by atoms with Gasteiger partial charge in [-0.3, -0.25) is 4.90 Å². The predicted molar refractivity (Wildman–Crippen MR) is 44.0 cm³/mol. The Balaban J connectivity index is 3.68. The second-order valence-corrected chi connectivity index (χ2v) is 2.71. The summed E-state index contributed by atoms with van der Waals surface area (Å²) in [5.41, 5.74) is 0. The fourth-order valence-corrected chi connectivity index (χ4v) is 0.738. The molecule has 0 spiro atoms. The van der Waals surface area contributed by atoms with E-state index in [0.717, 1.165) is 6.54 Å². The van der Waals surface area contributed by atoms with Gasteiger partial charge in [-0.05, 0) is 20.9 Å². The first-order valence-corrected chi connectivity index (χ1v) is 3.58. The van der Waals surface area contributed by atoms with Crippen molar-refractivity contribution in [2.75, 3.05) is 13.6 Å². The van der Waals surface area contributed by atoms with Crippen molar-refractivity contribution in [1.29, 1.82) is 0 Å². The van der Waals surface area contributed by atoms with Crippen LogP contribution in [-0.2, 0) is 0 Å². The third kappa shape index (κ3) is 2.99. The fourth-order valence-electron chi connectivity index (χ4n) is 0.738. The monoisotopic (exact) mass is 143 g/mol. The van der Waals surface area contributed by atoms with E-state index in [1.165, 1.54) is 0 Å². The van der Waals surface area contributed by atoms with E-state index < -0.39 is 0 Å². The van der Waals surface area contributed by atoms with Crippen LogP contribution in [0.5, 0.6) is 0 Å². The summed E-state index contributed by atoms with van der Waals surface area (Å²) >= 11 is 0. The molecule has 2 nitrogen and oxygen atoms in total. The number of hydrogen-bond acceptors (Lipinski definition) is 2. The molecule has 2 atom stereocenters. The average molecular weight is 143 g/mol. The Morgan fingerprint density at radius 1 is 1.60 bits per heavy atom. The van der Waals surface area contributed by atoms with Gasteiger partial charge in [0.25, 0.3) is 0 Å². The minimum atomic E-state index is -0.273. The number of aliphatic hydroxyl groups is 1. The van der Waals surface area contributed by atoms with Crippen LogP contribution in [0.4, 0.5) is 0 Å². The highest BCUT2D eigenvalue weighted by Gasteiger charge is 2.11. The zero-order valence-corrected chi connectivity index (χ0v) is 7.04. The summed E-state index contributed by atoms with van der Waals surface area (Å²) < 4.78 is 0. The van der Waals surface area contributed by atoms with Crippen LogP contribution in [0.1, 0.15) is 13.8 Å². The molecule has 0 saturated heterocycles. The third-order valence-electron chi connectivity index (χ3n) is 1.81. The molecule has 0 heterocycles. The minimum absolute atomic E-state index is 0.206. The number of rotatable bonds is 4. The molecular formula is C8H17NO. The first kappa shape index (κ1) is 9.66. The van der Waals surface area contributed by atoms with Crippen LogP contribution >= 0.6 is 0 Å². The molecule has 0 bridgehead atoms. The summed E-state index contributed by atoms with van der Waals surface area (Å²) in [5.74, 6) is 0. The van der Waals surface area contributed by atoms with E-state index in [1.54, 1.807) is 6.92 Å². The van der Waals surface area contributed by atoms with Gasteiger partial charge in [-0.2, -0.15) is 0 Å². The lowest BCUT2D eigenvalue weighted by molar-refractivity contribution is 0.0933. The molecule has 0 radical (unpaired) electrons. The van der Waals surface area contributed by atoms with E-state index in [0.29, 0.717) is 0 Å². The second kappa shape index (κ2) is 4.47. The van der Waals surface area contributed by atoms with Gasteiger partial charge in [-0.1, -0.05) is 6.08 Å². The van der Waals surface area contributed by atoms with E-state index in [1.807, 2.05) is 20.0 Å². The molecule has 60 valence electrons. The Morgan fingerprint density at radius 3 is 2.40 bits per heavy atom. The maximum atomic E-state index is 9.14. The molecule has 0 amide bonds. The zero-order valence-electron chi connectivity index (χ0n) is 7.04. The van der Waals surface area contributed by atoms with Gasteiger partial charge < -0.3 is 5.11 Å². The minimum Gasteiger partial charge on any atom is -0.392 e. The summed E-state index contributed by atoms with van der Waals surface area (Å²) in [5, 5.41) is 9.14. The van der Waals surface area contributed by atoms with Crippen molar-refractivity contribution in [2.45, 2.75) is 26.0 Å². The van der Waals surface area contributed by atoms with Crippen LogP contribution in [0.3, 0.4) is 0 Å². The first-order chi connectivity index (χ1) is 4.59. The molecule has 10 heavy (non-hydrogen) atoms. The molecule has 0 aromatic carbocycles.